The topological polar surface area (TPSA) is 62.5 Å². The molecule has 3 rings (SSSR count). The Balaban J connectivity index is 1.82. The Morgan fingerprint density at radius 3 is 2.60 bits per heavy atom. The van der Waals surface area contributed by atoms with Crippen molar-refractivity contribution in [3.8, 4) is 0 Å². The van der Waals surface area contributed by atoms with Gasteiger partial charge in [-0.05, 0) is 37.2 Å². The Morgan fingerprint density at radius 1 is 1.45 bits per heavy atom. The van der Waals surface area contributed by atoms with Crippen molar-refractivity contribution in [1.29, 1.82) is 0 Å². The first-order valence-electron chi connectivity index (χ1n) is 7.21. The minimum absolute atomic E-state index is 0.116. The number of nitrogens with zero attached hydrogens (tertiary/aromatic N) is 2. The van der Waals surface area contributed by atoms with Crippen molar-refractivity contribution in [2.45, 2.75) is 43.7 Å². The molecule has 0 bridgehead atoms. The molecule has 0 spiro atoms. The van der Waals surface area contributed by atoms with Crippen LogP contribution >= 0.6 is 0 Å². The maximum absolute atomic E-state index is 12.6. The fourth-order valence-electron chi connectivity index (χ4n) is 2.72. The molecular weight excluding hydrogens is 276 g/mol. The standard InChI is InChI=1S/C14H22N2O3S/c1-10-5-11(10)7-15(2)20(18,19)14-6-13(9-17)16(8-14)12-3-4-12/h6,8,10-12,17H,3-5,7,9H2,1-2H3. The summed E-state index contributed by atoms with van der Waals surface area (Å²) in [7, 11) is -1.79. The molecule has 2 aliphatic rings. The second-order valence-electron chi connectivity index (χ2n) is 6.22. The molecule has 0 aromatic carbocycles. The smallest absolute Gasteiger partial charge is 0.244 e. The highest BCUT2D eigenvalue weighted by atomic mass is 32.2. The third-order valence-electron chi connectivity index (χ3n) is 4.49. The van der Waals surface area contributed by atoms with E-state index in [2.05, 4.69) is 6.92 Å². The maximum atomic E-state index is 12.6. The van der Waals surface area contributed by atoms with Gasteiger partial charge in [0.15, 0.2) is 0 Å². The van der Waals surface area contributed by atoms with E-state index in [1.54, 1.807) is 19.3 Å². The second kappa shape index (κ2) is 4.86. The van der Waals surface area contributed by atoms with Crippen LogP contribution in [0.4, 0.5) is 0 Å². The van der Waals surface area contributed by atoms with Gasteiger partial charge < -0.3 is 9.67 Å². The molecule has 2 aliphatic carbocycles. The van der Waals surface area contributed by atoms with Gasteiger partial charge in [0.2, 0.25) is 10.0 Å². The van der Waals surface area contributed by atoms with E-state index in [-0.39, 0.29) is 6.61 Å². The van der Waals surface area contributed by atoms with Gasteiger partial charge in [-0.25, -0.2) is 12.7 Å². The Labute approximate surface area is 120 Å². The Bertz CT molecular complexity index is 604. The Kier molecular flexibility index (Phi) is 3.43. The number of rotatable bonds is 6. The molecule has 0 saturated heterocycles. The van der Waals surface area contributed by atoms with Gasteiger partial charge >= 0.3 is 0 Å². The summed E-state index contributed by atoms with van der Waals surface area (Å²) in [4.78, 5) is 0.309. The number of aliphatic hydroxyl groups is 1. The third-order valence-corrected chi connectivity index (χ3v) is 6.27. The Morgan fingerprint density at radius 2 is 2.10 bits per heavy atom. The molecule has 2 saturated carbocycles. The van der Waals surface area contributed by atoms with Crippen LogP contribution in [0.2, 0.25) is 0 Å². The molecule has 112 valence electrons. The highest BCUT2D eigenvalue weighted by Crippen LogP contribution is 2.40. The van der Waals surface area contributed by atoms with E-state index in [0.717, 1.165) is 19.3 Å². The van der Waals surface area contributed by atoms with E-state index in [0.29, 0.717) is 35.0 Å². The molecule has 1 aromatic heterocycles. The third kappa shape index (κ3) is 2.52. The summed E-state index contributed by atoms with van der Waals surface area (Å²) >= 11 is 0. The van der Waals surface area contributed by atoms with Gasteiger partial charge in [0.05, 0.1) is 6.61 Å². The zero-order valence-electron chi connectivity index (χ0n) is 12.0. The summed E-state index contributed by atoms with van der Waals surface area (Å²) < 4.78 is 28.5. The molecule has 0 amide bonds. The SMILES string of the molecule is CC1CC1CN(C)S(=O)(=O)c1cc(CO)n(C2CC2)c1. The maximum Gasteiger partial charge on any atom is 0.244 e. The number of aliphatic hydroxyl groups excluding tert-OH is 1. The van der Waals surface area contributed by atoms with E-state index in [1.807, 2.05) is 4.57 Å². The summed E-state index contributed by atoms with van der Waals surface area (Å²) in [6.07, 6.45) is 4.93. The summed E-state index contributed by atoms with van der Waals surface area (Å²) in [5.41, 5.74) is 0.694. The summed E-state index contributed by atoms with van der Waals surface area (Å²) in [6.45, 7) is 2.63. The molecular formula is C14H22N2O3S. The monoisotopic (exact) mass is 298 g/mol. The van der Waals surface area contributed by atoms with Gasteiger partial charge in [-0.1, -0.05) is 6.92 Å². The predicted molar refractivity (Wildman–Crippen MR) is 75.7 cm³/mol. The quantitative estimate of drug-likeness (QED) is 0.867. The minimum Gasteiger partial charge on any atom is -0.390 e. The summed E-state index contributed by atoms with van der Waals surface area (Å²) in [5, 5.41) is 9.37. The van der Waals surface area contributed by atoms with Crippen molar-refractivity contribution < 1.29 is 13.5 Å². The number of sulfonamides is 1. The van der Waals surface area contributed by atoms with Crippen molar-refractivity contribution in [3.05, 3.63) is 18.0 Å². The zero-order valence-corrected chi connectivity index (χ0v) is 12.8. The van der Waals surface area contributed by atoms with Crippen LogP contribution in [-0.2, 0) is 16.6 Å². The lowest BCUT2D eigenvalue weighted by atomic mass is 10.3. The van der Waals surface area contributed by atoms with Gasteiger partial charge in [-0.2, -0.15) is 0 Å². The molecule has 20 heavy (non-hydrogen) atoms. The van der Waals surface area contributed by atoms with Crippen molar-refractivity contribution in [1.82, 2.24) is 8.87 Å². The van der Waals surface area contributed by atoms with E-state index in [1.165, 1.54) is 4.31 Å². The molecule has 2 atom stereocenters. The lowest BCUT2D eigenvalue weighted by molar-refractivity contribution is 0.270. The van der Waals surface area contributed by atoms with Crippen LogP contribution in [0.1, 0.15) is 37.9 Å². The molecule has 2 unspecified atom stereocenters. The first-order chi connectivity index (χ1) is 9.43. The normalized spacial score (nSPS) is 26.2. The molecule has 1 aromatic rings. The lowest BCUT2D eigenvalue weighted by Crippen LogP contribution is -2.29. The Hall–Kier alpha value is -0.850. The van der Waals surface area contributed by atoms with Crippen molar-refractivity contribution in [2.75, 3.05) is 13.6 Å². The fourth-order valence-corrected chi connectivity index (χ4v) is 4.00. The van der Waals surface area contributed by atoms with Crippen LogP contribution in [0, 0.1) is 11.8 Å². The first-order valence-corrected chi connectivity index (χ1v) is 8.65. The van der Waals surface area contributed by atoms with Crippen LogP contribution in [-0.4, -0.2) is 36.0 Å². The van der Waals surface area contributed by atoms with Crippen LogP contribution in [0.25, 0.3) is 0 Å². The molecule has 1 N–H and O–H groups in total. The van der Waals surface area contributed by atoms with Crippen LogP contribution in [0.15, 0.2) is 17.2 Å². The van der Waals surface area contributed by atoms with Gasteiger partial charge in [0.1, 0.15) is 4.90 Å². The minimum atomic E-state index is -3.43. The summed E-state index contributed by atoms with van der Waals surface area (Å²) in [5.74, 6) is 1.13. The van der Waals surface area contributed by atoms with E-state index in [9.17, 15) is 13.5 Å². The van der Waals surface area contributed by atoms with Gasteiger partial charge in [0.25, 0.3) is 0 Å². The van der Waals surface area contributed by atoms with Crippen LogP contribution in [0.3, 0.4) is 0 Å². The van der Waals surface area contributed by atoms with Crippen molar-refractivity contribution in [2.24, 2.45) is 11.8 Å². The van der Waals surface area contributed by atoms with Crippen LogP contribution < -0.4 is 0 Å². The molecule has 0 radical (unpaired) electrons. The average molecular weight is 298 g/mol. The molecule has 6 heteroatoms. The highest BCUT2D eigenvalue weighted by molar-refractivity contribution is 7.89. The predicted octanol–water partition coefficient (Wildman–Crippen LogP) is 1.59. The summed E-state index contributed by atoms with van der Waals surface area (Å²) in [6, 6.07) is 1.98. The fraction of sp³-hybridized carbons (Fsp3) is 0.714. The largest absolute Gasteiger partial charge is 0.390 e. The first kappa shape index (κ1) is 14.1. The van der Waals surface area contributed by atoms with Gasteiger partial charge in [-0.3, -0.25) is 0 Å². The number of hydrogen-bond donors (Lipinski definition) is 1. The molecule has 0 aliphatic heterocycles. The van der Waals surface area contributed by atoms with Crippen LogP contribution in [0.5, 0.6) is 0 Å². The lowest BCUT2D eigenvalue weighted by Gasteiger charge is -2.15. The van der Waals surface area contributed by atoms with E-state index in [4.69, 9.17) is 0 Å². The average Bonchev–Trinajstić information content (AvgIpc) is 3.31. The van der Waals surface area contributed by atoms with Gasteiger partial charge in [0, 0.05) is 31.5 Å². The second-order valence-corrected chi connectivity index (χ2v) is 8.27. The van der Waals surface area contributed by atoms with E-state index < -0.39 is 10.0 Å². The van der Waals surface area contributed by atoms with Crippen molar-refractivity contribution >= 4 is 10.0 Å². The van der Waals surface area contributed by atoms with Gasteiger partial charge in [-0.15, -0.1) is 0 Å². The highest BCUT2D eigenvalue weighted by Gasteiger charge is 2.37. The molecule has 2 fully saturated rings. The zero-order chi connectivity index (χ0) is 14.5. The molecule has 1 heterocycles. The molecule has 5 nitrogen and oxygen atoms in total. The van der Waals surface area contributed by atoms with E-state index >= 15 is 0 Å². The number of hydrogen-bond acceptors (Lipinski definition) is 3. The number of aromatic nitrogens is 1. The van der Waals surface area contributed by atoms with Crippen molar-refractivity contribution in [3.63, 3.8) is 0 Å².